The summed E-state index contributed by atoms with van der Waals surface area (Å²) in [6.07, 6.45) is -3.52. The number of benzene rings is 3. The predicted octanol–water partition coefficient (Wildman–Crippen LogP) is 5.79. The smallest absolute Gasteiger partial charge is 0.490 e. The highest BCUT2D eigenvalue weighted by Crippen LogP contribution is 2.33. The molecule has 1 heterocycles. The number of nitrogens with one attached hydrogen (secondary N) is 3. The van der Waals surface area contributed by atoms with E-state index in [9.17, 15) is 26.4 Å². The Morgan fingerprint density at radius 3 is 2.28 bits per heavy atom. The Balaban J connectivity index is 0.000000872. The van der Waals surface area contributed by atoms with Gasteiger partial charge < -0.3 is 30.9 Å². The summed E-state index contributed by atoms with van der Waals surface area (Å²) in [5.74, 6) is -1.61. The number of halogens is 3. The molecule has 4 aromatic rings. The van der Waals surface area contributed by atoms with E-state index in [2.05, 4.69) is 20.3 Å². The van der Waals surface area contributed by atoms with Gasteiger partial charge in [-0.25, -0.2) is 22.9 Å². The van der Waals surface area contributed by atoms with Crippen LogP contribution in [0.15, 0.2) is 77.8 Å². The third kappa shape index (κ3) is 11.0. The fourth-order valence-corrected chi connectivity index (χ4v) is 6.14. The van der Waals surface area contributed by atoms with Gasteiger partial charge in [0.1, 0.15) is 11.9 Å². The fraction of sp³-hybridized carbons (Fsp3) is 0.324. The molecule has 16 heteroatoms. The molecule has 12 nitrogen and oxygen atoms in total. The van der Waals surface area contributed by atoms with E-state index in [1.807, 2.05) is 51.1 Å². The number of carboxylic acid groups (broad SMARTS) is 1. The first-order valence-corrected chi connectivity index (χ1v) is 16.9. The van der Waals surface area contributed by atoms with Gasteiger partial charge in [-0.3, -0.25) is 4.79 Å². The minimum absolute atomic E-state index is 0.00102. The number of rotatable bonds is 13. The Bertz CT molecular complexity index is 1900. The van der Waals surface area contributed by atoms with Crippen molar-refractivity contribution in [2.24, 2.45) is 0 Å². The summed E-state index contributed by atoms with van der Waals surface area (Å²) >= 11 is 0. The molecule has 1 aromatic heterocycles. The van der Waals surface area contributed by atoms with E-state index in [4.69, 9.17) is 25.1 Å². The molecule has 0 radical (unpaired) electrons. The molecular formula is C34H40F3N5O7S. The number of hydrogen-bond acceptors (Lipinski definition) is 9. The number of alkyl halides is 3. The highest BCUT2D eigenvalue weighted by Gasteiger charge is 2.38. The number of nitrogens with zero attached hydrogens (tertiary/aromatic N) is 1. The Kier molecular flexibility index (Phi) is 13.4. The van der Waals surface area contributed by atoms with Gasteiger partial charge in [-0.1, -0.05) is 24.3 Å². The molecule has 1 unspecified atom stereocenters. The summed E-state index contributed by atoms with van der Waals surface area (Å²) in [6.45, 7) is 9.66. The van der Waals surface area contributed by atoms with Crippen LogP contribution in [0.3, 0.4) is 0 Å². The number of aliphatic carboxylic acids is 1. The molecule has 1 amide bonds. The topological polar surface area (TPSA) is 182 Å². The number of hydrogen-bond donors (Lipinski definition) is 5. The van der Waals surface area contributed by atoms with E-state index < -0.39 is 28.2 Å². The third-order valence-electron chi connectivity index (χ3n) is 6.68. The van der Waals surface area contributed by atoms with Crippen LogP contribution in [-0.4, -0.2) is 55.3 Å². The van der Waals surface area contributed by atoms with Crippen molar-refractivity contribution in [3.63, 3.8) is 0 Å². The molecule has 0 fully saturated rings. The normalized spacial score (nSPS) is 12.2. The number of sulfonamides is 1. The number of carbonyl (C=O) groups is 2. The van der Waals surface area contributed by atoms with E-state index in [0.717, 1.165) is 10.8 Å². The predicted molar refractivity (Wildman–Crippen MR) is 183 cm³/mol. The average Bonchev–Trinajstić information content (AvgIpc) is 3.03. The van der Waals surface area contributed by atoms with Crippen molar-refractivity contribution in [2.45, 2.75) is 70.4 Å². The van der Waals surface area contributed by atoms with Gasteiger partial charge in [-0.15, -0.1) is 0 Å². The van der Waals surface area contributed by atoms with Crippen molar-refractivity contribution < 1.29 is 45.8 Å². The molecule has 0 aliphatic carbocycles. The van der Waals surface area contributed by atoms with E-state index in [1.54, 1.807) is 50.4 Å². The summed E-state index contributed by atoms with van der Waals surface area (Å²) in [5.41, 5.74) is 7.82. The first-order valence-electron chi connectivity index (χ1n) is 15.4. The monoisotopic (exact) mass is 719 g/mol. The number of carboxylic acids is 1. The van der Waals surface area contributed by atoms with E-state index in [-0.39, 0.29) is 29.5 Å². The second-order valence-electron chi connectivity index (χ2n) is 11.4. The standard InChI is InChI=1S/C32H39N5O5S.C2HF3O2/c1-6-41-28-18-23(11-14-27(28)42-21(4)5)30(36-25-12-13-26-22(17-25)15-16-34-31(26)33)32(38)35-19-24-9-7-8-10-29(24)43(39,40)37-20(2)3;3-2(4,5)1(6)7/h7-18,20-21,30,36-37H,6,19H2,1-5H3,(H2,33,34)(H,35,38);(H,6,7). The Hall–Kier alpha value is -5.09. The van der Waals surface area contributed by atoms with E-state index in [1.165, 1.54) is 6.07 Å². The molecular weight excluding hydrogens is 679 g/mol. The number of carbonyl (C=O) groups excluding carboxylic acids is 1. The molecule has 6 N–H and O–H groups in total. The largest absolute Gasteiger partial charge is 0.490 e. The number of fused-ring (bicyclic) bond motifs is 1. The second kappa shape index (κ2) is 17.0. The molecule has 50 heavy (non-hydrogen) atoms. The van der Waals surface area contributed by atoms with Gasteiger partial charge in [0.05, 0.1) is 17.6 Å². The number of pyridine rings is 1. The van der Waals surface area contributed by atoms with Crippen LogP contribution in [0.2, 0.25) is 0 Å². The maximum atomic E-state index is 13.9. The van der Waals surface area contributed by atoms with Gasteiger partial charge in [-0.05, 0) is 93.6 Å². The van der Waals surface area contributed by atoms with Crippen molar-refractivity contribution in [1.29, 1.82) is 0 Å². The van der Waals surface area contributed by atoms with Crippen molar-refractivity contribution in [1.82, 2.24) is 15.0 Å². The third-order valence-corrected chi connectivity index (χ3v) is 8.44. The van der Waals surface area contributed by atoms with Crippen LogP contribution in [-0.2, 0) is 26.2 Å². The first kappa shape index (κ1) is 39.3. The molecule has 0 aliphatic heterocycles. The Morgan fingerprint density at radius 1 is 0.980 bits per heavy atom. The van der Waals surface area contributed by atoms with Crippen LogP contribution in [0, 0.1) is 0 Å². The lowest BCUT2D eigenvalue weighted by atomic mass is 10.0. The van der Waals surface area contributed by atoms with Gasteiger partial charge >= 0.3 is 12.1 Å². The molecule has 0 saturated carbocycles. The van der Waals surface area contributed by atoms with Gasteiger partial charge in [0.25, 0.3) is 0 Å². The van der Waals surface area contributed by atoms with Crippen molar-refractivity contribution >= 4 is 44.2 Å². The van der Waals surface area contributed by atoms with E-state index >= 15 is 0 Å². The van der Waals surface area contributed by atoms with Crippen molar-refractivity contribution in [3.8, 4) is 11.5 Å². The summed E-state index contributed by atoms with van der Waals surface area (Å²) in [7, 11) is -3.77. The molecule has 270 valence electrons. The van der Waals surface area contributed by atoms with Gasteiger partial charge in [0, 0.05) is 29.9 Å². The average molecular weight is 720 g/mol. The summed E-state index contributed by atoms with van der Waals surface area (Å²) < 4.78 is 72.1. The zero-order chi connectivity index (χ0) is 37.2. The van der Waals surface area contributed by atoms with Crippen LogP contribution in [0.4, 0.5) is 24.7 Å². The molecule has 0 bridgehead atoms. The van der Waals surface area contributed by atoms with Gasteiger partial charge in [0.2, 0.25) is 15.9 Å². The molecule has 0 saturated heterocycles. The number of amides is 1. The van der Waals surface area contributed by atoms with E-state index in [0.29, 0.717) is 40.7 Å². The summed E-state index contributed by atoms with van der Waals surface area (Å²) in [4.78, 5) is 27.0. The molecule has 0 spiro atoms. The molecule has 3 aromatic carbocycles. The lowest BCUT2D eigenvalue weighted by Gasteiger charge is -2.23. The van der Waals surface area contributed by atoms with Crippen molar-refractivity contribution in [3.05, 3.63) is 84.1 Å². The number of nitrogen functional groups attached to an aromatic ring is 1. The number of anilines is 2. The zero-order valence-electron chi connectivity index (χ0n) is 28.0. The first-order chi connectivity index (χ1) is 23.4. The quantitative estimate of drug-likeness (QED) is 0.113. The minimum Gasteiger partial charge on any atom is -0.490 e. The minimum atomic E-state index is -5.08. The lowest BCUT2D eigenvalue weighted by Crippen LogP contribution is -2.35. The molecule has 1 atom stereocenters. The number of nitrogens with two attached hydrogens (primary N) is 1. The summed E-state index contributed by atoms with van der Waals surface area (Å²) in [6, 6.07) is 18.3. The zero-order valence-corrected chi connectivity index (χ0v) is 28.9. The Labute approximate surface area is 288 Å². The lowest BCUT2D eigenvalue weighted by molar-refractivity contribution is -0.192. The summed E-state index contributed by atoms with van der Waals surface area (Å²) in [5, 5.41) is 15.1. The van der Waals surface area contributed by atoms with Gasteiger partial charge in [0.15, 0.2) is 11.5 Å². The number of aromatic nitrogens is 1. The SMILES string of the molecule is CCOc1cc(C(Nc2ccc3c(N)nccc3c2)C(=O)NCc2ccccc2S(=O)(=O)NC(C)C)ccc1OC(C)C.O=C(O)C(F)(F)F. The van der Waals surface area contributed by atoms with Crippen LogP contribution in [0.25, 0.3) is 10.8 Å². The second-order valence-corrected chi connectivity index (χ2v) is 13.1. The maximum absolute atomic E-state index is 13.9. The number of ether oxygens (including phenoxy) is 2. The van der Waals surface area contributed by atoms with Crippen molar-refractivity contribution in [2.75, 3.05) is 17.7 Å². The fourth-order valence-electron chi connectivity index (χ4n) is 4.65. The molecule has 0 aliphatic rings. The van der Waals surface area contributed by atoms with Gasteiger partial charge in [-0.2, -0.15) is 13.2 Å². The highest BCUT2D eigenvalue weighted by molar-refractivity contribution is 7.89. The maximum Gasteiger partial charge on any atom is 0.490 e. The van der Waals surface area contributed by atoms with Crippen LogP contribution in [0.5, 0.6) is 11.5 Å². The van der Waals surface area contributed by atoms with Crippen LogP contribution >= 0.6 is 0 Å². The Morgan fingerprint density at radius 2 is 1.66 bits per heavy atom. The van der Waals surface area contributed by atoms with Crippen LogP contribution < -0.4 is 30.6 Å². The highest BCUT2D eigenvalue weighted by atomic mass is 32.2. The molecule has 4 rings (SSSR count). The van der Waals surface area contributed by atoms with Crippen LogP contribution in [0.1, 0.15) is 51.8 Å².